The van der Waals surface area contributed by atoms with Crippen LogP contribution >= 0.6 is 0 Å². The van der Waals surface area contributed by atoms with Crippen LogP contribution in [0.15, 0.2) is 30.3 Å². The molecule has 0 radical (unpaired) electrons. The second-order valence-corrected chi connectivity index (χ2v) is 3.81. The van der Waals surface area contributed by atoms with Gasteiger partial charge in [-0.05, 0) is 44.0 Å². The number of rotatable bonds is 4. The molecule has 0 aliphatic rings. The van der Waals surface area contributed by atoms with Crippen molar-refractivity contribution in [1.82, 2.24) is 0 Å². The van der Waals surface area contributed by atoms with E-state index >= 15 is 0 Å². The van der Waals surface area contributed by atoms with Crippen molar-refractivity contribution in [3.05, 3.63) is 35.9 Å². The zero-order chi connectivity index (χ0) is 11.3. The summed E-state index contributed by atoms with van der Waals surface area (Å²) in [5.74, 6) is 0.911. The van der Waals surface area contributed by atoms with Crippen LogP contribution in [0, 0.1) is 0 Å². The third-order valence-corrected chi connectivity index (χ3v) is 2.11. The highest BCUT2D eigenvalue weighted by Crippen LogP contribution is 2.18. The molecule has 0 amide bonds. The topological polar surface area (TPSA) is 35.2 Å². The van der Waals surface area contributed by atoms with Gasteiger partial charge in [-0.2, -0.15) is 0 Å². The van der Waals surface area contributed by atoms with Crippen LogP contribution in [-0.2, 0) is 0 Å². The minimum Gasteiger partial charge on any atom is -0.491 e. The van der Waals surface area contributed by atoms with Gasteiger partial charge in [0.1, 0.15) is 5.75 Å². The molecule has 0 saturated carbocycles. The van der Waals surface area contributed by atoms with Crippen LogP contribution in [0.3, 0.4) is 0 Å². The van der Waals surface area contributed by atoms with Crippen molar-refractivity contribution < 1.29 is 4.74 Å². The third-order valence-electron chi connectivity index (χ3n) is 2.11. The van der Waals surface area contributed by atoms with Gasteiger partial charge in [-0.3, -0.25) is 0 Å². The average molecular weight is 205 g/mol. The molecule has 0 aliphatic carbocycles. The summed E-state index contributed by atoms with van der Waals surface area (Å²) in [5, 5.41) is 0. The van der Waals surface area contributed by atoms with Gasteiger partial charge in [0.25, 0.3) is 0 Å². The van der Waals surface area contributed by atoms with Crippen LogP contribution in [0.2, 0.25) is 0 Å². The molecule has 0 atom stereocenters. The molecule has 0 fully saturated rings. The highest BCUT2D eigenvalue weighted by Gasteiger charge is 1.98. The Bertz CT molecular complexity index is 325. The molecule has 2 N–H and O–H groups in total. The molecule has 0 spiro atoms. The highest BCUT2D eigenvalue weighted by atomic mass is 16.5. The summed E-state index contributed by atoms with van der Waals surface area (Å²) in [6, 6.07) is 8.09. The lowest BCUT2D eigenvalue weighted by Gasteiger charge is -2.10. The standard InChI is InChI=1S/C13H19NO/c1-10(2)15-13-6-4-12(5-7-13)11(3)8-9-14/h4-8,10H,9,14H2,1-3H3. The molecule has 0 saturated heterocycles. The van der Waals surface area contributed by atoms with Gasteiger partial charge in [0.05, 0.1) is 6.10 Å². The van der Waals surface area contributed by atoms with Crippen molar-refractivity contribution >= 4 is 5.57 Å². The van der Waals surface area contributed by atoms with E-state index in [0.29, 0.717) is 6.54 Å². The molecule has 0 bridgehead atoms. The lowest BCUT2D eigenvalue weighted by Crippen LogP contribution is -2.05. The maximum Gasteiger partial charge on any atom is 0.119 e. The van der Waals surface area contributed by atoms with E-state index in [2.05, 4.69) is 19.1 Å². The van der Waals surface area contributed by atoms with Gasteiger partial charge >= 0.3 is 0 Å². The molecule has 0 aliphatic heterocycles. The van der Waals surface area contributed by atoms with Crippen molar-refractivity contribution in [2.75, 3.05) is 6.54 Å². The van der Waals surface area contributed by atoms with Crippen LogP contribution in [0.25, 0.3) is 5.57 Å². The zero-order valence-electron chi connectivity index (χ0n) is 9.66. The van der Waals surface area contributed by atoms with E-state index in [1.165, 1.54) is 11.1 Å². The molecular formula is C13H19NO. The summed E-state index contributed by atoms with van der Waals surface area (Å²) in [5.41, 5.74) is 7.86. The predicted molar refractivity (Wildman–Crippen MR) is 64.9 cm³/mol. The number of nitrogens with two attached hydrogens (primary N) is 1. The Kier molecular flexibility index (Phi) is 4.37. The molecular weight excluding hydrogens is 186 g/mol. The van der Waals surface area contributed by atoms with Crippen molar-refractivity contribution in [2.24, 2.45) is 5.73 Å². The van der Waals surface area contributed by atoms with E-state index in [-0.39, 0.29) is 6.10 Å². The number of ether oxygens (including phenoxy) is 1. The highest BCUT2D eigenvalue weighted by molar-refractivity contribution is 5.64. The van der Waals surface area contributed by atoms with Crippen LogP contribution < -0.4 is 10.5 Å². The molecule has 2 heteroatoms. The second-order valence-electron chi connectivity index (χ2n) is 3.81. The number of benzene rings is 1. The Morgan fingerprint density at radius 1 is 1.33 bits per heavy atom. The first-order valence-electron chi connectivity index (χ1n) is 5.27. The van der Waals surface area contributed by atoms with E-state index in [0.717, 1.165) is 5.75 Å². The Balaban J connectivity index is 2.76. The van der Waals surface area contributed by atoms with Crippen molar-refractivity contribution in [3.63, 3.8) is 0 Å². The molecule has 82 valence electrons. The van der Waals surface area contributed by atoms with Gasteiger partial charge in [0.15, 0.2) is 0 Å². The zero-order valence-corrected chi connectivity index (χ0v) is 9.66. The predicted octanol–water partition coefficient (Wildman–Crippen LogP) is 2.84. The first-order valence-corrected chi connectivity index (χ1v) is 5.27. The van der Waals surface area contributed by atoms with Crippen LogP contribution in [0.4, 0.5) is 0 Å². The van der Waals surface area contributed by atoms with Crippen molar-refractivity contribution in [1.29, 1.82) is 0 Å². The number of hydrogen-bond donors (Lipinski definition) is 1. The van der Waals surface area contributed by atoms with E-state index in [1.54, 1.807) is 0 Å². The maximum absolute atomic E-state index is 5.56. The van der Waals surface area contributed by atoms with Crippen LogP contribution in [-0.4, -0.2) is 12.6 Å². The largest absolute Gasteiger partial charge is 0.491 e. The Morgan fingerprint density at radius 3 is 2.40 bits per heavy atom. The summed E-state index contributed by atoms with van der Waals surface area (Å²) in [7, 11) is 0. The lowest BCUT2D eigenvalue weighted by molar-refractivity contribution is 0.242. The fourth-order valence-corrected chi connectivity index (χ4v) is 1.36. The third kappa shape index (κ3) is 3.76. The van der Waals surface area contributed by atoms with E-state index in [1.807, 2.05) is 32.1 Å². The van der Waals surface area contributed by atoms with Gasteiger partial charge in [0.2, 0.25) is 0 Å². The van der Waals surface area contributed by atoms with E-state index in [4.69, 9.17) is 10.5 Å². The molecule has 15 heavy (non-hydrogen) atoms. The average Bonchev–Trinajstić information content (AvgIpc) is 2.18. The van der Waals surface area contributed by atoms with Crippen LogP contribution in [0.5, 0.6) is 5.75 Å². The maximum atomic E-state index is 5.56. The van der Waals surface area contributed by atoms with Crippen molar-refractivity contribution in [3.8, 4) is 5.75 Å². The molecule has 2 nitrogen and oxygen atoms in total. The Hall–Kier alpha value is -1.28. The summed E-state index contributed by atoms with van der Waals surface area (Å²) in [4.78, 5) is 0. The smallest absolute Gasteiger partial charge is 0.119 e. The quantitative estimate of drug-likeness (QED) is 0.820. The minimum atomic E-state index is 0.219. The molecule has 0 aromatic heterocycles. The fourth-order valence-electron chi connectivity index (χ4n) is 1.36. The van der Waals surface area contributed by atoms with Gasteiger partial charge in [-0.1, -0.05) is 18.2 Å². The lowest BCUT2D eigenvalue weighted by atomic mass is 10.1. The van der Waals surface area contributed by atoms with Gasteiger partial charge in [-0.25, -0.2) is 0 Å². The Morgan fingerprint density at radius 2 is 1.93 bits per heavy atom. The number of allylic oxidation sites excluding steroid dienone is 1. The Labute approximate surface area is 91.7 Å². The van der Waals surface area contributed by atoms with E-state index < -0.39 is 0 Å². The van der Waals surface area contributed by atoms with Crippen molar-refractivity contribution in [2.45, 2.75) is 26.9 Å². The van der Waals surface area contributed by atoms with Crippen LogP contribution in [0.1, 0.15) is 26.3 Å². The summed E-state index contributed by atoms with van der Waals surface area (Å²) in [6.45, 7) is 6.68. The normalized spacial score (nSPS) is 11.9. The molecule has 1 aromatic rings. The van der Waals surface area contributed by atoms with Gasteiger partial charge in [-0.15, -0.1) is 0 Å². The van der Waals surface area contributed by atoms with Gasteiger partial charge in [0, 0.05) is 6.54 Å². The number of hydrogen-bond acceptors (Lipinski definition) is 2. The molecule has 1 aromatic carbocycles. The summed E-state index contributed by atoms with van der Waals surface area (Å²) >= 11 is 0. The monoisotopic (exact) mass is 205 g/mol. The molecule has 0 unspecified atom stereocenters. The summed E-state index contributed by atoms with van der Waals surface area (Å²) in [6.07, 6.45) is 2.23. The molecule has 0 heterocycles. The van der Waals surface area contributed by atoms with Gasteiger partial charge < -0.3 is 10.5 Å². The first-order chi connectivity index (χ1) is 7.13. The first kappa shape index (κ1) is 11.8. The van der Waals surface area contributed by atoms with E-state index in [9.17, 15) is 0 Å². The molecule has 1 rings (SSSR count). The fraction of sp³-hybridized carbons (Fsp3) is 0.385. The SMILES string of the molecule is CC(=CCN)c1ccc(OC(C)C)cc1. The second kappa shape index (κ2) is 5.56. The minimum absolute atomic E-state index is 0.219. The summed E-state index contributed by atoms with van der Waals surface area (Å²) < 4.78 is 5.56.